The Morgan fingerprint density at radius 2 is 1.67 bits per heavy atom. The quantitative estimate of drug-likeness (QED) is 0.680. The van der Waals surface area contributed by atoms with E-state index < -0.39 is 20.0 Å². The van der Waals surface area contributed by atoms with E-state index in [0.717, 1.165) is 19.3 Å². The molecule has 0 bridgehead atoms. The van der Waals surface area contributed by atoms with E-state index in [1.165, 1.54) is 34.6 Å². The topological polar surface area (TPSA) is 83.5 Å². The molecule has 10 heteroatoms. The summed E-state index contributed by atoms with van der Waals surface area (Å²) in [5.74, 6) is 0. The Morgan fingerprint density at radius 1 is 0.963 bits per heavy atom. The van der Waals surface area contributed by atoms with Crippen molar-refractivity contribution in [2.24, 2.45) is 0 Å². The molecular formula is C17H18BrClN2O4S2. The number of hydrogen-bond donors (Lipinski definition) is 1. The second-order valence-electron chi connectivity index (χ2n) is 6.17. The summed E-state index contributed by atoms with van der Waals surface area (Å²) in [7, 11) is -7.65. The maximum atomic E-state index is 12.9. The van der Waals surface area contributed by atoms with Crippen molar-refractivity contribution in [1.29, 1.82) is 0 Å². The minimum Gasteiger partial charge on any atom is -0.280 e. The van der Waals surface area contributed by atoms with Crippen molar-refractivity contribution in [3.63, 3.8) is 0 Å². The second-order valence-corrected chi connectivity index (χ2v) is 11.1. The molecule has 1 saturated heterocycles. The zero-order chi connectivity index (χ0) is 19.7. The number of benzene rings is 2. The van der Waals surface area contributed by atoms with E-state index >= 15 is 0 Å². The molecule has 1 N–H and O–H groups in total. The minimum absolute atomic E-state index is 0.0611. The van der Waals surface area contributed by atoms with Crippen LogP contribution in [0.5, 0.6) is 0 Å². The molecule has 0 amide bonds. The summed E-state index contributed by atoms with van der Waals surface area (Å²) in [6, 6.07) is 10.3. The van der Waals surface area contributed by atoms with Crippen molar-refractivity contribution in [2.45, 2.75) is 29.1 Å². The highest BCUT2D eigenvalue weighted by molar-refractivity contribution is 9.10. The number of sulfonamides is 2. The molecular weight excluding hydrogens is 476 g/mol. The van der Waals surface area contributed by atoms with Crippen molar-refractivity contribution in [3.8, 4) is 0 Å². The Morgan fingerprint density at radius 3 is 2.33 bits per heavy atom. The lowest BCUT2D eigenvalue weighted by atomic mass is 10.2. The summed E-state index contributed by atoms with van der Waals surface area (Å²) < 4.78 is 55.4. The second kappa shape index (κ2) is 8.08. The Balaban J connectivity index is 1.94. The third kappa shape index (κ3) is 4.65. The molecule has 1 fully saturated rings. The first-order chi connectivity index (χ1) is 12.7. The molecule has 0 aliphatic carbocycles. The highest BCUT2D eigenvalue weighted by Gasteiger charge is 2.28. The fraction of sp³-hybridized carbons (Fsp3) is 0.294. The number of rotatable bonds is 5. The lowest BCUT2D eigenvalue weighted by Gasteiger charge is -2.26. The van der Waals surface area contributed by atoms with Gasteiger partial charge in [0, 0.05) is 17.6 Å². The van der Waals surface area contributed by atoms with Crippen molar-refractivity contribution in [3.05, 3.63) is 52.0 Å². The van der Waals surface area contributed by atoms with Gasteiger partial charge in [-0.25, -0.2) is 16.8 Å². The van der Waals surface area contributed by atoms with E-state index in [0.29, 0.717) is 17.6 Å². The largest absolute Gasteiger partial charge is 0.280 e. The van der Waals surface area contributed by atoms with Crippen LogP contribution in [0.15, 0.2) is 56.7 Å². The summed E-state index contributed by atoms with van der Waals surface area (Å²) in [6.45, 7) is 0.874. The first kappa shape index (κ1) is 20.6. The number of nitrogens with one attached hydrogen (secondary N) is 1. The molecule has 2 aromatic carbocycles. The van der Waals surface area contributed by atoms with Crippen LogP contribution in [0.3, 0.4) is 0 Å². The Hall–Kier alpha value is -1.13. The van der Waals surface area contributed by atoms with Crippen LogP contribution < -0.4 is 4.72 Å². The third-order valence-electron chi connectivity index (χ3n) is 4.22. The molecule has 0 atom stereocenters. The molecule has 0 radical (unpaired) electrons. The molecule has 0 saturated carbocycles. The predicted octanol–water partition coefficient (Wildman–Crippen LogP) is 4.08. The normalized spacial score (nSPS) is 16.2. The van der Waals surface area contributed by atoms with E-state index in [1.807, 2.05) is 0 Å². The van der Waals surface area contributed by atoms with Crippen LogP contribution in [-0.4, -0.2) is 34.2 Å². The van der Waals surface area contributed by atoms with E-state index in [-0.39, 0.29) is 20.5 Å². The molecule has 0 spiro atoms. The molecule has 146 valence electrons. The number of anilines is 1. The summed E-state index contributed by atoms with van der Waals surface area (Å²) in [6.07, 6.45) is 2.59. The van der Waals surface area contributed by atoms with Crippen LogP contribution in [-0.2, 0) is 20.0 Å². The average molecular weight is 494 g/mol. The summed E-state index contributed by atoms with van der Waals surface area (Å²) in [5, 5.41) is 0.0611. The molecule has 2 aromatic rings. The van der Waals surface area contributed by atoms with Gasteiger partial charge in [0.15, 0.2) is 0 Å². The standard InChI is InChI=1S/C17H18BrClN2O4S2/c18-13-5-4-6-15(11-13)26(22,23)20-14-7-8-16(19)17(12-14)27(24,25)21-9-2-1-3-10-21/h4-8,11-12,20H,1-3,9-10H2. The molecule has 1 heterocycles. The van der Waals surface area contributed by atoms with Gasteiger partial charge in [0.05, 0.1) is 15.6 Å². The summed E-state index contributed by atoms with van der Waals surface area (Å²) >= 11 is 9.36. The van der Waals surface area contributed by atoms with Crippen LogP contribution in [0.25, 0.3) is 0 Å². The van der Waals surface area contributed by atoms with E-state index in [2.05, 4.69) is 20.7 Å². The van der Waals surface area contributed by atoms with Gasteiger partial charge in [-0.3, -0.25) is 4.72 Å². The average Bonchev–Trinajstić information content (AvgIpc) is 2.64. The van der Waals surface area contributed by atoms with Crippen molar-refractivity contribution >= 4 is 53.3 Å². The summed E-state index contributed by atoms with van der Waals surface area (Å²) in [4.78, 5) is -0.0345. The van der Waals surface area contributed by atoms with Gasteiger partial charge in [0.1, 0.15) is 4.90 Å². The highest BCUT2D eigenvalue weighted by atomic mass is 79.9. The number of piperidine rings is 1. The molecule has 1 aliphatic rings. The van der Waals surface area contributed by atoms with Crippen LogP contribution in [0.2, 0.25) is 5.02 Å². The SMILES string of the molecule is O=S(=O)(Nc1ccc(Cl)c(S(=O)(=O)N2CCCCC2)c1)c1cccc(Br)c1. The van der Waals surface area contributed by atoms with Crippen LogP contribution >= 0.6 is 27.5 Å². The minimum atomic E-state index is -3.87. The lowest BCUT2D eigenvalue weighted by molar-refractivity contribution is 0.346. The van der Waals surface area contributed by atoms with Crippen LogP contribution in [0.4, 0.5) is 5.69 Å². The lowest BCUT2D eigenvalue weighted by Crippen LogP contribution is -2.35. The monoisotopic (exact) mass is 492 g/mol. The molecule has 1 aliphatic heterocycles. The Bertz CT molecular complexity index is 1050. The number of halogens is 2. The molecule has 27 heavy (non-hydrogen) atoms. The fourth-order valence-corrected chi connectivity index (χ4v) is 6.52. The number of nitrogens with zero attached hydrogens (tertiary/aromatic N) is 1. The van der Waals surface area contributed by atoms with Gasteiger partial charge in [-0.2, -0.15) is 4.31 Å². The van der Waals surface area contributed by atoms with E-state index in [9.17, 15) is 16.8 Å². The zero-order valence-corrected chi connectivity index (χ0v) is 18.2. The highest BCUT2D eigenvalue weighted by Crippen LogP contribution is 2.30. The van der Waals surface area contributed by atoms with Gasteiger partial charge >= 0.3 is 0 Å². The van der Waals surface area contributed by atoms with Crippen molar-refractivity contribution in [1.82, 2.24) is 4.31 Å². The molecule has 0 aromatic heterocycles. The van der Waals surface area contributed by atoms with Gasteiger partial charge in [0.2, 0.25) is 10.0 Å². The zero-order valence-electron chi connectivity index (χ0n) is 14.2. The van der Waals surface area contributed by atoms with Gasteiger partial charge in [-0.05, 0) is 49.2 Å². The van der Waals surface area contributed by atoms with Crippen LogP contribution in [0.1, 0.15) is 19.3 Å². The molecule has 6 nitrogen and oxygen atoms in total. The van der Waals surface area contributed by atoms with Gasteiger partial charge in [-0.15, -0.1) is 0 Å². The van der Waals surface area contributed by atoms with Crippen molar-refractivity contribution < 1.29 is 16.8 Å². The number of hydrogen-bond acceptors (Lipinski definition) is 4. The fourth-order valence-electron chi connectivity index (χ4n) is 2.86. The predicted molar refractivity (Wildman–Crippen MR) is 109 cm³/mol. The van der Waals surface area contributed by atoms with Crippen molar-refractivity contribution in [2.75, 3.05) is 17.8 Å². The maximum Gasteiger partial charge on any atom is 0.261 e. The first-order valence-corrected chi connectivity index (χ1v) is 12.4. The van der Waals surface area contributed by atoms with Gasteiger partial charge < -0.3 is 0 Å². The van der Waals surface area contributed by atoms with Gasteiger partial charge in [0.25, 0.3) is 10.0 Å². The van der Waals surface area contributed by atoms with E-state index in [4.69, 9.17) is 11.6 Å². The Kier molecular flexibility index (Phi) is 6.17. The third-order valence-corrected chi connectivity index (χ3v) is 8.48. The Labute approximate surface area is 172 Å². The first-order valence-electron chi connectivity index (χ1n) is 8.28. The van der Waals surface area contributed by atoms with Crippen LogP contribution in [0, 0.1) is 0 Å². The smallest absolute Gasteiger partial charge is 0.261 e. The van der Waals surface area contributed by atoms with E-state index in [1.54, 1.807) is 12.1 Å². The molecule has 0 unspecified atom stereocenters. The van der Waals surface area contributed by atoms with Gasteiger partial charge in [-0.1, -0.05) is 40.0 Å². The molecule has 3 rings (SSSR count). The maximum absolute atomic E-state index is 12.9. The summed E-state index contributed by atoms with van der Waals surface area (Å²) in [5.41, 5.74) is 0.134.